The number of aliphatic hydroxyl groups excluding tert-OH is 1. The molecule has 3 radical (unpaired) electrons. The molecule has 0 spiro atoms. The molecule has 0 aliphatic heterocycles. The maximum Gasteiger partial charge on any atom is 0.155 e. The maximum atomic E-state index is 10.0. The smallest absolute Gasteiger partial charge is 0.155 e. The minimum absolute atomic E-state index is 0. The van der Waals surface area contributed by atoms with E-state index >= 15 is 0 Å². The van der Waals surface area contributed by atoms with Crippen LogP contribution in [0.15, 0.2) is 206 Å². The van der Waals surface area contributed by atoms with Crippen LogP contribution >= 0.6 is 11.3 Å². The Morgan fingerprint density at radius 2 is 1.28 bits per heavy atom. The Morgan fingerprint density at radius 1 is 0.642 bits per heavy atom. The summed E-state index contributed by atoms with van der Waals surface area (Å²) in [5.74, 6) is -0.0625. The van der Waals surface area contributed by atoms with Crippen molar-refractivity contribution < 1.29 is 77.1 Å². The molecule has 10 heteroatoms. The summed E-state index contributed by atoms with van der Waals surface area (Å²) in [6.07, 6.45) is 8.08. The molecule has 0 atom stereocenters. The largest absolute Gasteiger partial charge is 0.512 e. The summed E-state index contributed by atoms with van der Waals surface area (Å²) in [6.45, 7) is 6.82. The number of aryl methyl sites for hydroxylation is 2. The first-order valence-electron chi connectivity index (χ1n) is 22.9. The third-order valence-corrected chi connectivity index (χ3v) is 10.7. The topological polar surface area (TPSA) is 88.9 Å². The monoisotopic (exact) mass is 1430 g/mol. The minimum Gasteiger partial charge on any atom is -0.512 e. The molecule has 0 saturated heterocycles. The van der Waals surface area contributed by atoms with Crippen molar-refractivity contribution in [3.05, 3.63) is 230 Å². The molecule has 1 N–H and O–H groups in total. The predicted octanol–water partition coefficient (Wildman–Crippen LogP) is 14.6. The number of pyridine rings is 4. The van der Waals surface area contributed by atoms with Crippen LogP contribution in [0, 0.1) is 26.0 Å². The molecule has 10 aromatic rings. The first-order valence-corrected chi connectivity index (χ1v) is 21.2. The van der Waals surface area contributed by atoms with Crippen molar-refractivity contribution in [2.45, 2.75) is 27.7 Å². The Kier molecular flexibility index (Phi) is 18.6. The fourth-order valence-electron chi connectivity index (χ4n) is 6.68. The van der Waals surface area contributed by atoms with E-state index in [1.165, 1.54) is 46.7 Å². The Morgan fingerprint density at radius 3 is 1.91 bits per heavy atom. The Labute approximate surface area is 444 Å². The standard InChI is InChI=1S/C21H16N2.C18H14N.C13H8NS.C5H8O2.3Ir/c1-15-13-20(23-14-19(15)16-7-3-2-4-8-16)21-18-10-6-5-9-17(18)11-12-22-21;1-14-13-16(18-9-5-6-12-19-18)10-11-17(14)15-7-3-2-4-8-15;1-2-7-12-10(5-1)9-13(15-12)11-6-3-4-8-14-11;1-4(6)3-5(2)7;;;/h2-14H,1H3;2-9,11-13H,1H3;1-8H;3,6H,1-2H3;;;/q;2*-1;;;;/i2D,3D,4D,7D,8D;;;;;;. The van der Waals surface area contributed by atoms with Crippen LogP contribution in [-0.4, -0.2) is 30.8 Å². The second-order valence-electron chi connectivity index (χ2n) is 14.5. The van der Waals surface area contributed by atoms with E-state index in [2.05, 4.69) is 93.6 Å². The van der Waals surface area contributed by atoms with Gasteiger partial charge >= 0.3 is 0 Å². The number of hydrogen-bond acceptors (Lipinski definition) is 7. The summed E-state index contributed by atoms with van der Waals surface area (Å²) in [6, 6.07) is 51.5. The molecule has 10 rings (SSSR count). The quantitative estimate of drug-likeness (QED) is 0.101. The van der Waals surface area contributed by atoms with E-state index in [1.807, 2.05) is 104 Å². The average molecular weight is 1430 g/mol. The number of allylic oxidation sites excluding steroid dienone is 2. The number of aromatic nitrogens is 4. The Hall–Kier alpha value is -5.92. The number of carbonyl (C=O) groups excluding carboxylic acids is 1. The second kappa shape index (κ2) is 27.0. The van der Waals surface area contributed by atoms with Crippen molar-refractivity contribution in [3.8, 4) is 55.5 Å². The summed E-state index contributed by atoms with van der Waals surface area (Å²) in [7, 11) is 0. The fraction of sp³-hybridized carbons (Fsp3) is 0.0702. The molecular weight excluding hydrogens is 1380 g/mol. The van der Waals surface area contributed by atoms with Crippen LogP contribution in [0.25, 0.3) is 76.3 Å². The Bertz CT molecular complexity index is 3370. The number of fused-ring (bicyclic) bond motifs is 2. The SMILES string of the molecule is CC(=O)C=C(C)O.Cc1cc(-c2ccccn2)[c-]cc1-c1ccccc1.[2H]c1c([2H])c([2H])c(-c2cnc(-c3nccc4ccccc34)cc2C)c([2H])c1[2H].[Ir].[Ir].[Ir].[c-]1c(-c2ccccn2)sc2ccccc12. The van der Waals surface area contributed by atoms with E-state index in [4.69, 9.17) is 12.0 Å². The third kappa shape index (κ3) is 15.0. The number of carbonyl (C=O) groups is 1. The Balaban J connectivity index is 0.000000224. The first kappa shape index (κ1) is 46.2. The van der Waals surface area contributed by atoms with Gasteiger partial charge in [0, 0.05) is 108 Å². The van der Waals surface area contributed by atoms with E-state index in [-0.39, 0.29) is 102 Å². The van der Waals surface area contributed by atoms with Crippen molar-refractivity contribution >= 4 is 38.0 Å². The van der Waals surface area contributed by atoms with Gasteiger partial charge in [-0.15, -0.1) is 52.9 Å². The van der Waals surface area contributed by atoms with Gasteiger partial charge < -0.3 is 15.1 Å². The van der Waals surface area contributed by atoms with E-state index < -0.39 is 6.04 Å². The van der Waals surface area contributed by atoms with Gasteiger partial charge in [0.05, 0.1) is 24.0 Å². The van der Waals surface area contributed by atoms with Gasteiger partial charge in [0.15, 0.2) is 5.78 Å². The molecule has 0 bridgehead atoms. The van der Waals surface area contributed by atoms with E-state index in [0.717, 1.165) is 43.9 Å². The van der Waals surface area contributed by atoms with Crippen LogP contribution in [-0.2, 0) is 65.1 Å². The zero-order chi connectivity index (χ0) is 49.0. The molecule has 0 amide bonds. The normalized spacial score (nSPS) is 11.3. The van der Waals surface area contributed by atoms with Crippen LogP contribution in [0.5, 0.6) is 0 Å². The summed E-state index contributed by atoms with van der Waals surface area (Å²) >= 11 is 1.73. The van der Waals surface area contributed by atoms with E-state index in [1.54, 1.807) is 23.7 Å². The van der Waals surface area contributed by atoms with Crippen molar-refractivity contribution in [1.29, 1.82) is 0 Å². The zero-order valence-corrected chi connectivity index (χ0v) is 44.7. The maximum absolute atomic E-state index is 10.0. The van der Waals surface area contributed by atoms with Gasteiger partial charge in [0.2, 0.25) is 0 Å². The first-order chi connectivity index (χ1) is 33.3. The number of benzene rings is 5. The number of rotatable bonds is 6. The van der Waals surface area contributed by atoms with Gasteiger partial charge in [-0.25, -0.2) is 11.3 Å². The summed E-state index contributed by atoms with van der Waals surface area (Å²) in [4.78, 5) is 28.8. The molecule has 5 aromatic carbocycles. The molecular formula is C57H46Ir3N4O2S-2. The third-order valence-electron chi connectivity index (χ3n) is 9.64. The number of ketones is 1. The number of thiophene rings is 1. The molecule has 6 nitrogen and oxygen atoms in total. The van der Waals surface area contributed by atoms with Crippen LogP contribution < -0.4 is 0 Å². The van der Waals surface area contributed by atoms with Crippen LogP contribution in [0.3, 0.4) is 0 Å². The van der Waals surface area contributed by atoms with Gasteiger partial charge in [0.1, 0.15) is 0 Å². The number of aliphatic hydroxyl groups is 1. The summed E-state index contributed by atoms with van der Waals surface area (Å²) in [5, 5.41) is 11.6. The van der Waals surface area contributed by atoms with E-state index in [9.17, 15) is 4.79 Å². The van der Waals surface area contributed by atoms with Gasteiger partial charge in [-0.1, -0.05) is 139 Å². The second-order valence-corrected chi connectivity index (χ2v) is 15.5. The van der Waals surface area contributed by atoms with Crippen LogP contribution in [0.1, 0.15) is 31.8 Å². The van der Waals surface area contributed by atoms with Crippen molar-refractivity contribution in [3.63, 3.8) is 0 Å². The molecule has 0 aliphatic rings. The minimum atomic E-state index is -0.402. The van der Waals surface area contributed by atoms with Gasteiger partial charge in [0.25, 0.3) is 0 Å². The van der Waals surface area contributed by atoms with Crippen molar-refractivity contribution in [2.75, 3.05) is 0 Å². The number of nitrogens with zero attached hydrogens (tertiary/aromatic N) is 4. The van der Waals surface area contributed by atoms with Gasteiger partial charge in [-0.3, -0.25) is 14.8 Å². The zero-order valence-electron chi connectivity index (χ0n) is 41.7. The van der Waals surface area contributed by atoms with Crippen LogP contribution in [0.2, 0.25) is 0 Å². The molecule has 5 aromatic heterocycles. The molecule has 0 aliphatic carbocycles. The van der Waals surface area contributed by atoms with E-state index in [0.29, 0.717) is 11.3 Å². The average Bonchev–Trinajstić information content (AvgIpc) is 3.81. The molecule has 5 heterocycles. The van der Waals surface area contributed by atoms with Crippen molar-refractivity contribution in [2.24, 2.45) is 0 Å². The molecule has 67 heavy (non-hydrogen) atoms. The number of hydrogen-bond donors (Lipinski definition) is 1. The molecule has 341 valence electrons. The van der Waals surface area contributed by atoms with Crippen LogP contribution in [0.4, 0.5) is 0 Å². The fourth-order valence-corrected chi connectivity index (χ4v) is 7.66. The summed E-state index contributed by atoms with van der Waals surface area (Å²) < 4.78 is 41.2. The van der Waals surface area contributed by atoms with Crippen molar-refractivity contribution in [1.82, 2.24) is 19.9 Å². The predicted molar refractivity (Wildman–Crippen MR) is 265 cm³/mol. The van der Waals surface area contributed by atoms with Gasteiger partial charge in [-0.05, 0) is 76.8 Å². The molecule has 0 fully saturated rings. The summed E-state index contributed by atoms with van der Waals surface area (Å²) in [5.41, 5.74) is 9.54. The molecule has 0 unspecified atom stereocenters. The van der Waals surface area contributed by atoms with Gasteiger partial charge in [-0.2, -0.15) is 0 Å². The molecule has 0 saturated carbocycles.